The van der Waals surface area contributed by atoms with Gasteiger partial charge >= 0.3 is 0 Å². The van der Waals surface area contributed by atoms with Gasteiger partial charge in [-0.2, -0.15) is 0 Å². The predicted octanol–water partition coefficient (Wildman–Crippen LogP) is 5.54. The smallest absolute Gasteiger partial charge is 0.267 e. The molecule has 0 radical (unpaired) electrons. The number of hydrogen-bond donors (Lipinski definition) is 1. The zero-order valence-corrected chi connectivity index (χ0v) is 14.9. The number of pyridine rings is 1. The molecule has 0 fully saturated rings. The van der Waals surface area contributed by atoms with Crippen LogP contribution in [-0.4, -0.2) is 10.9 Å². The lowest BCUT2D eigenvalue weighted by Crippen LogP contribution is -2.12. The zero-order chi connectivity index (χ0) is 14.2. The van der Waals surface area contributed by atoms with E-state index in [-0.39, 0.29) is 5.91 Å². The minimum absolute atomic E-state index is 0.271. The molecule has 0 aromatic carbocycles. The summed E-state index contributed by atoms with van der Waals surface area (Å²) in [6.07, 6.45) is 0. The number of carbonyl (C=O) groups is 1. The fourth-order valence-electron chi connectivity index (χ4n) is 1.27. The Morgan fingerprint density at radius 2 is 2.00 bits per heavy atom. The molecule has 1 N–H and O–H groups in total. The first kappa shape index (κ1) is 15.3. The van der Waals surface area contributed by atoms with E-state index in [1.165, 1.54) is 11.3 Å². The Labute approximate surface area is 140 Å². The van der Waals surface area contributed by atoms with Crippen LogP contribution in [0.5, 0.6) is 0 Å². The highest BCUT2D eigenvalue weighted by Gasteiger charge is 2.15. The van der Waals surface area contributed by atoms with Crippen molar-refractivity contribution in [2.24, 2.45) is 0 Å². The third kappa shape index (κ3) is 3.49. The van der Waals surface area contributed by atoms with Gasteiger partial charge in [-0.05, 0) is 50.9 Å². The summed E-state index contributed by atoms with van der Waals surface area (Å²) < 4.78 is 1.68. The van der Waals surface area contributed by atoms with Crippen LogP contribution in [-0.2, 0) is 0 Å². The minimum Gasteiger partial charge on any atom is -0.305 e. The summed E-state index contributed by atoms with van der Waals surface area (Å²) in [6.45, 7) is 1.74. The van der Waals surface area contributed by atoms with Crippen molar-refractivity contribution in [3.8, 4) is 0 Å². The molecule has 2 aromatic heterocycles. The topological polar surface area (TPSA) is 42.0 Å². The van der Waals surface area contributed by atoms with Crippen LogP contribution >= 0.6 is 66.4 Å². The summed E-state index contributed by atoms with van der Waals surface area (Å²) in [5.41, 5.74) is 0.606. The van der Waals surface area contributed by atoms with Crippen molar-refractivity contribution in [3.63, 3.8) is 0 Å². The van der Waals surface area contributed by atoms with Crippen molar-refractivity contribution in [3.05, 3.63) is 41.0 Å². The van der Waals surface area contributed by atoms with E-state index in [9.17, 15) is 4.79 Å². The van der Waals surface area contributed by atoms with Crippen LogP contribution in [0.2, 0.25) is 10.0 Å². The average molecular weight is 445 g/mol. The Morgan fingerprint density at radius 1 is 1.32 bits per heavy atom. The highest BCUT2D eigenvalue weighted by atomic mass is 79.9. The van der Waals surface area contributed by atoms with Gasteiger partial charge in [0.15, 0.2) is 5.82 Å². The molecule has 0 bridgehead atoms. The molecule has 0 spiro atoms. The van der Waals surface area contributed by atoms with Gasteiger partial charge in [0, 0.05) is 4.47 Å². The molecular formula is C11H6Br2Cl2N2OS. The van der Waals surface area contributed by atoms with Gasteiger partial charge in [-0.25, -0.2) is 4.98 Å². The maximum atomic E-state index is 12.1. The number of aryl methyl sites for hydroxylation is 1. The minimum atomic E-state index is -0.271. The highest BCUT2D eigenvalue weighted by molar-refractivity contribution is 9.13. The van der Waals surface area contributed by atoms with Crippen LogP contribution in [0, 0.1) is 6.92 Å². The van der Waals surface area contributed by atoms with E-state index in [1.807, 2.05) is 0 Å². The summed E-state index contributed by atoms with van der Waals surface area (Å²) in [4.78, 5) is 16.8. The maximum absolute atomic E-state index is 12.1. The quantitative estimate of drug-likeness (QED) is 0.661. The van der Waals surface area contributed by atoms with E-state index in [2.05, 4.69) is 42.2 Å². The molecule has 100 valence electrons. The SMILES string of the molecule is Cc1nc(NC(=O)c2cc(Br)c(Br)s2)c(Cl)cc1Cl. The van der Waals surface area contributed by atoms with Gasteiger partial charge in [0.05, 0.1) is 24.4 Å². The van der Waals surface area contributed by atoms with Gasteiger partial charge in [-0.3, -0.25) is 4.79 Å². The number of nitrogens with one attached hydrogen (secondary N) is 1. The van der Waals surface area contributed by atoms with Crippen LogP contribution in [0.1, 0.15) is 15.4 Å². The number of rotatable bonds is 2. The predicted molar refractivity (Wildman–Crippen MR) is 86.7 cm³/mol. The fourth-order valence-corrected chi connectivity index (χ4v) is 3.61. The molecule has 3 nitrogen and oxygen atoms in total. The van der Waals surface area contributed by atoms with Crippen molar-refractivity contribution in [2.75, 3.05) is 5.32 Å². The number of halogens is 4. The molecule has 8 heteroatoms. The van der Waals surface area contributed by atoms with E-state index in [1.54, 1.807) is 19.1 Å². The average Bonchev–Trinajstić information content (AvgIpc) is 2.67. The first-order valence-corrected chi connectivity index (χ1v) is 8.13. The van der Waals surface area contributed by atoms with Crippen molar-refractivity contribution in [2.45, 2.75) is 6.92 Å². The van der Waals surface area contributed by atoms with E-state index >= 15 is 0 Å². The number of thiophene rings is 1. The van der Waals surface area contributed by atoms with Crippen molar-refractivity contribution >= 4 is 78.1 Å². The normalized spacial score (nSPS) is 10.6. The number of nitrogens with zero attached hydrogens (tertiary/aromatic N) is 1. The van der Waals surface area contributed by atoms with Crippen LogP contribution in [0.3, 0.4) is 0 Å². The van der Waals surface area contributed by atoms with Crippen LogP contribution in [0.15, 0.2) is 20.4 Å². The lowest BCUT2D eigenvalue weighted by molar-refractivity contribution is 0.103. The molecular weight excluding hydrogens is 439 g/mol. The molecule has 2 heterocycles. The van der Waals surface area contributed by atoms with Gasteiger partial charge in [0.2, 0.25) is 0 Å². The highest BCUT2D eigenvalue weighted by Crippen LogP contribution is 2.33. The summed E-state index contributed by atoms with van der Waals surface area (Å²) in [7, 11) is 0. The Balaban J connectivity index is 2.26. The van der Waals surface area contributed by atoms with Gasteiger partial charge in [-0.1, -0.05) is 23.2 Å². The second-order valence-corrected chi connectivity index (χ2v) is 7.61. The summed E-state index contributed by atoms with van der Waals surface area (Å²) >= 11 is 19.9. The molecule has 0 saturated heterocycles. The number of amides is 1. The Morgan fingerprint density at radius 3 is 2.58 bits per heavy atom. The van der Waals surface area contributed by atoms with Crippen molar-refractivity contribution in [1.82, 2.24) is 4.98 Å². The molecule has 19 heavy (non-hydrogen) atoms. The maximum Gasteiger partial charge on any atom is 0.267 e. The lowest BCUT2D eigenvalue weighted by Gasteiger charge is -2.07. The van der Waals surface area contributed by atoms with E-state index in [0.717, 1.165) is 8.26 Å². The first-order chi connectivity index (χ1) is 8.88. The standard InChI is InChI=1S/C11H6Br2Cl2N2OS/c1-4-6(14)3-7(15)10(16-4)17-11(18)8-2-5(12)9(13)19-8/h2-3H,1H3,(H,16,17,18). The Hall–Kier alpha value is -0.140. The molecule has 0 aliphatic heterocycles. The van der Waals surface area contributed by atoms with Crippen LogP contribution in [0.4, 0.5) is 5.82 Å². The number of aromatic nitrogens is 1. The first-order valence-electron chi connectivity index (χ1n) is 4.97. The molecule has 2 aromatic rings. The molecule has 0 aliphatic rings. The number of hydrogen-bond acceptors (Lipinski definition) is 3. The molecule has 0 aliphatic carbocycles. The van der Waals surface area contributed by atoms with Crippen LogP contribution in [0.25, 0.3) is 0 Å². The Kier molecular flexibility index (Phi) is 4.89. The number of carbonyl (C=O) groups excluding carboxylic acids is 1. The van der Waals surface area contributed by atoms with E-state index < -0.39 is 0 Å². The molecule has 0 saturated carbocycles. The second kappa shape index (κ2) is 6.10. The largest absolute Gasteiger partial charge is 0.305 e. The summed E-state index contributed by atoms with van der Waals surface area (Å²) in [6, 6.07) is 3.28. The van der Waals surface area contributed by atoms with Crippen LogP contribution < -0.4 is 5.32 Å². The number of anilines is 1. The van der Waals surface area contributed by atoms with Gasteiger partial charge in [-0.15, -0.1) is 11.3 Å². The molecule has 0 atom stereocenters. The third-order valence-corrected chi connectivity index (χ3v) is 6.13. The Bertz CT molecular complexity index is 641. The molecule has 0 unspecified atom stereocenters. The zero-order valence-electron chi connectivity index (χ0n) is 9.43. The van der Waals surface area contributed by atoms with Gasteiger partial charge in [0.1, 0.15) is 0 Å². The van der Waals surface area contributed by atoms with Crippen molar-refractivity contribution < 1.29 is 4.79 Å². The van der Waals surface area contributed by atoms with E-state index in [4.69, 9.17) is 23.2 Å². The van der Waals surface area contributed by atoms with E-state index in [0.29, 0.717) is 26.4 Å². The second-order valence-electron chi connectivity index (χ2n) is 3.57. The van der Waals surface area contributed by atoms with Gasteiger partial charge in [0.25, 0.3) is 5.91 Å². The lowest BCUT2D eigenvalue weighted by atomic mass is 10.3. The molecule has 1 amide bonds. The molecule has 2 rings (SSSR count). The van der Waals surface area contributed by atoms with Gasteiger partial charge < -0.3 is 5.32 Å². The summed E-state index contributed by atoms with van der Waals surface area (Å²) in [5.74, 6) is 0.0294. The summed E-state index contributed by atoms with van der Waals surface area (Å²) in [5, 5.41) is 3.43. The fraction of sp³-hybridized carbons (Fsp3) is 0.0909. The third-order valence-electron chi connectivity index (χ3n) is 2.21. The van der Waals surface area contributed by atoms with Crippen molar-refractivity contribution in [1.29, 1.82) is 0 Å². The monoisotopic (exact) mass is 442 g/mol.